The van der Waals surface area contributed by atoms with E-state index in [1.165, 1.54) is 26.1 Å². The standard InChI is InChI=1S/C13H15N3O6/c1-8(22-16(21)14(2)7-11(17)18)15-12(19)9-5-3-4-6-10(9)13(15)20/h3-6,8,21H,7H2,1-2H3,(H,17,18). The Hall–Kier alpha value is -2.33. The van der Waals surface area contributed by atoms with Crippen LogP contribution in [0.4, 0.5) is 0 Å². The van der Waals surface area contributed by atoms with Crippen molar-refractivity contribution in [1.29, 1.82) is 0 Å². The Labute approximate surface area is 125 Å². The second-order valence-electron chi connectivity index (χ2n) is 4.69. The van der Waals surface area contributed by atoms with E-state index in [-0.39, 0.29) is 16.5 Å². The van der Waals surface area contributed by atoms with E-state index in [1.54, 1.807) is 12.1 Å². The highest BCUT2D eigenvalue weighted by Gasteiger charge is 2.39. The summed E-state index contributed by atoms with van der Waals surface area (Å²) in [4.78, 5) is 40.8. The Morgan fingerprint density at radius 2 is 1.77 bits per heavy atom. The van der Waals surface area contributed by atoms with Gasteiger partial charge in [0.1, 0.15) is 6.54 Å². The number of carbonyl (C=O) groups excluding carboxylic acids is 2. The summed E-state index contributed by atoms with van der Waals surface area (Å²) in [6.45, 7) is 0.866. The van der Waals surface area contributed by atoms with Crippen LogP contribution < -0.4 is 0 Å². The first kappa shape index (κ1) is 16.0. The highest BCUT2D eigenvalue weighted by Crippen LogP contribution is 2.24. The summed E-state index contributed by atoms with van der Waals surface area (Å²) in [5.74, 6) is -2.26. The molecule has 118 valence electrons. The number of fused-ring (bicyclic) bond motifs is 1. The van der Waals surface area contributed by atoms with Gasteiger partial charge in [-0.3, -0.25) is 19.6 Å². The molecule has 2 rings (SSSR count). The van der Waals surface area contributed by atoms with Gasteiger partial charge in [0, 0.05) is 12.4 Å². The number of aliphatic carboxylic acids is 1. The number of carboxylic acid groups (broad SMARTS) is 1. The highest BCUT2D eigenvalue weighted by atomic mass is 16.9. The van der Waals surface area contributed by atoms with E-state index in [0.29, 0.717) is 0 Å². The molecule has 1 unspecified atom stereocenters. The van der Waals surface area contributed by atoms with Crippen molar-refractivity contribution in [1.82, 2.24) is 15.2 Å². The normalized spacial score (nSPS) is 15.6. The van der Waals surface area contributed by atoms with Crippen molar-refractivity contribution in [3.63, 3.8) is 0 Å². The van der Waals surface area contributed by atoms with Crippen LogP contribution in [-0.2, 0) is 9.63 Å². The lowest BCUT2D eigenvalue weighted by atomic mass is 10.1. The summed E-state index contributed by atoms with van der Waals surface area (Å²) in [6.07, 6.45) is -1.12. The number of likely N-dealkylation sites (N-methyl/N-ethyl adjacent to an activating group) is 1. The average Bonchev–Trinajstić information content (AvgIpc) is 2.70. The average molecular weight is 309 g/mol. The minimum absolute atomic E-state index is 0.183. The number of carboxylic acids is 1. The van der Waals surface area contributed by atoms with E-state index >= 15 is 0 Å². The molecule has 0 fully saturated rings. The van der Waals surface area contributed by atoms with Crippen LogP contribution in [0.3, 0.4) is 0 Å². The molecule has 9 heteroatoms. The van der Waals surface area contributed by atoms with Crippen LogP contribution in [0.25, 0.3) is 0 Å². The summed E-state index contributed by atoms with van der Waals surface area (Å²) in [5, 5.41) is 19.3. The number of imide groups is 1. The van der Waals surface area contributed by atoms with E-state index < -0.39 is 30.6 Å². The Bertz CT molecular complexity index is 585. The Balaban J connectivity index is 2.08. The molecule has 1 heterocycles. The first-order valence-corrected chi connectivity index (χ1v) is 6.38. The molecule has 1 aliphatic rings. The Morgan fingerprint density at radius 3 is 2.23 bits per heavy atom. The molecule has 22 heavy (non-hydrogen) atoms. The van der Waals surface area contributed by atoms with E-state index in [0.717, 1.165) is 9.91 Å². The summed E-state index contributed by atoms with van der Waals surface area (Å²) in [6, 6.07) is 6.32. The smallest absolute Gasteiger partial charge is 0.319 e. The number of carbonyl (C=O) groups is 3. The number of rotatable bonds is 6. The zero-order valence-electron chi connectivity index (χ0n) is 12.0. The zero-order valence-corrected chi connectivity index (χ0v) is 12.0. The van der Waals surface area contributed by atoms with Crippen molar-refractivity contribution in [3.05, 3.63) is 35.4 Å². The summed E-state index contributed by atoms with van der Waals surface area (Å²) < 4.78 is 0. The van der Waals surface area contributed by atoms with Gasteiger partial charge in [-0.1, -0.05) is 12.1 Å². The molecule has 1 atom stereocenters. The van der Waals surface area contributed by atoms with Crippen molar-refractivity contribution in [2.75, 3.05) is 13.6 Å². The third-order valence-corrected chi connectivity index (χ3v) is 3.09. The van der Waals surface area contributed by atoms with E-state index in [4.69, 9.17) is 9.94 Å². The van der Waals surface area contributed by atoms with Crippen LogP contribution in [0, 0.1) is 0 Å². The molecule has 1 aromatic carbocycles. The molecule has 0 bridgehead atoms. The lowest BCUT2D eigenvalue weighted by Crippen LogP contribution is -2.48. The molecule has 0 radical (unpaired) electrons. The third kappa shape index (κ3) is 2.97. The van der Waals surface area contributed by atoms with Crippen LogP contribution in [0.15, 0.2) is 24.3 Å². The summed E-state index contributed by atoms with van der Waals surface area (Å²) in [7, 11) is 1.27. The molecule has 0 saturated heterocycles. The van der Waals surface area contributed by atoms with Gasteiger partial charge < -0.3 is 5.11 Å². The fourth-order valence-electron chi connectivity index (χ4n) is 2.06. The molecule has 0 aromatic heterocycles. The lowest BCUT2D eigenvalue weighted by molar-refractivity contribution is -0.454. The largest absolute Gasteiger partial charge is 0.480 e. The maximum absolute atomic E-state index is 12.2. The van der Waals surface area contributed by atoms with Crippen LogP contribution in [-0.4, -0.2) is 63.2 Å². The summed E-state index contributed by atoms with van der Waals surface area (Å²) >= 11 is 0. The fourth-order valence-corrected chi connectivity index (χ4v) is 2.06. The van der Waals surface area contributed by atoms with Gasteiger partial charge in [-0.2, -0.15) is 5.01 Å². The van der Waals surface area contributed by atoms with Crippen LogP contribution in [0.5, 0.6) is 0 Å². The van der Waals surface area contributed by atoms with E-state index in [1.807, 2.05) is 0 Å². The number of hydrogen-bond donors (Lipinski definition) is 2. The SMILES string of the molecule is CC(ON(O)N(C)CC(=O)O)N1C(=O)c2ccccc2C1=O. The van der Waals surface area contributed by atoms with Crippen molar-refractivity contribution in [3.8, 4) is 0 Å². The third-order valence-electron chi connectivity index (χ3n) is 3.09. The van der Waals surface area contributed by atoms with Crippen LogP contribution in [0.1, 0.15) is 27.6 Å². The van der Waals surface area contributed by atoms with Crippen LogP contribution >= 0.6 is 0 Å². The number of nitrogens with zero attached hydrogens (tertiary/aromatic N) is 3. The molecule has 2 N–H and O–H groups in total. The predicted molar refractivity (Wildman–Crippen MR) is 71.4 cm³/mol. The van der Waals surface area contributed by atoms with Crippen molar-refractivity contribution >= 4 is 17.8 Å². The van der Waals surface area contributed by atoms with Gasteiger partial charge in [0.2, 0.25) is 0 Å². The number of amides is 2. The minimum Gasteiger partial charge on any atom is -0.480 e. The fraction of sp³-hybridized carbons (Fsp3) is 0.308. The Kier molecular flexibility index (Phi) is 4.52. The highest BCUT2D eigenvalue weighted by molar-refractivity contribution is 6.21. The van der Waals surface area contributed by atoms with Gasteiger partial charge in [0.05, 0.1) is 11.1 Å². The molecule has 0 spiro atoms. The monoisotopic (exact) mass is 309 g/mol. The Morgan fingerprint density at radius 1 is 1.27 bits per heavy atom. The second-order valence-corrected chi connectivity index (χ2v) is 4.69. The summed E-state index contributed by atoms with van der Waals surface area (Å²) in [5.41, 5.74) is 0.512. The maximum atomic E-state index is 12.2. The maximum Gasteiger partial charge on any atom is 0.319 e. The lowest BCUT2D eigenvalue weighted by Gasteiger charge is -2.29. The van der Waals surface area contributed by atoms with Gasteiger partial charge in [0.25, 0.3) is 11.8 Å². The van der Waals surface area contributed by atoms with Gasteiger partial charge >= 0.3 is 5.97 Å². The van der Waals surface area contributed by atoms with Gasteiger partial charge in [-0.25, -0.2) is 9.74 Å². The van der Waals surface area contributed by atoms with Gasteiger partial charge in [0.15, 0.2) is 6.23 Å². The van der Waals surface area contributed by atoms with Crippen molar-refractivity contribution in [2.45, 2.75) is 13.2 Å². The molecule has 2 amide bonds. The van der Waals surface area contributed by atoms with Crippen molar-refractivity contribution in [2.24, 2.45) is 0 Å². The van der Waals surface area contributed by atoms with E-state index in [9.17, 15) is 19.6 Å². The molecule has 0 aliphatic carbocycles. The number of hydrogen-bond acceptors (Lipinski definition) is 7. The molecule has 9 nitrogen and oxygen atoms in total. The first-order chi connectivity index (χ1) is 10.3. The number of hydrazine groups is 1. The van der Waals surface area contributed by atoms with Gasteiger partial charge in [-0.05, 0) is 19.1 Å². The minimum atomic E-state index is -1.18. The topological polar surface area (TPSA) is 111 Å². The zero-order chi connectivity index (χ0) is 16.4. The molecule has 1 aliphatic heterocycles. The van der Waals surface area contributed by atoms with Crippen LogP contribution in [0.2, 0.25) is 0 Å². The molecular weight excluding hydrogens is 294 g/mol. The predicted octanol–water partition coefficient (Wildman–Crippen LogP) is 0.183. The molecule has 1 aromatic rings. The molecular formula is C13H15N3O6. The first-order valence-electron chi connectivity index (χ1n) is 6.38. The van der Waals surface area contributed by atoms with E-state index in [2.05, 4.69) is 0 Å². The second kappa shape index (κ2) is 6.20. The van der Waals surface area contributed by atoms with Gasteiger partial charge in [-0.15, -0.1) is 0 Å². The number of benzene rings is 1. The van der Waals surface area contributed by atoms with Crippen molar-refractivity contribution < 1.29 is 29.5 Å². The quantitative estimate of drug-likeness (QED) is 0.565. The molecule has 0 saturated carbocycles.